The lowest BCUT2D eigenvalue weighted by Crippen LogP contribution is -2.33. The molecule has 1 unspecified atom stereocenters. The zero-order valence-electron chi connectivity index (χ0n) is 14.2. The topological polar surface area (TPSA) is 38.8 Å². The Bertz CT molecular complexity index is 765. The third-order valence-corrected chi connectivity index (χ3v) is 4.41. The van der Waals surface area contributed by atoms with E-state index in [-0.39, 0.29) is 11.9 Å². The van der Waals surface area contributed by atoms with Crippen LogP contribution in [0, 0.1) is 0 Å². The number of hydrogen-bond donors (Lipinski definition) is 0. The van der Waals surface area contributed by atoms with E-state index in [2.05, 4.69) is 0 Å². The lowest BCUT2D eigenvalue weighted by molar-refractivity contribution is -0.128. The molecule has 0 spiro atoms. The first-order valence-electron chi connectivity index (χ1n) is 7.93. The van der Waals surface area contributed by atoms with Gasteiger partial charge in [0.25, 0.3) is 5.91 Å². The lowest BCUT2D eigenvalue weighted by Gasteiger charge is -2.28. The van der Waals surface area contributed by atoms with Crippen molar-refractivity contribution >= 4 is 12.0 Å². The maximum absolute atomic E-state index is 12.8. The van der Waals surface area contributed by atoms with Gasteiger partial charge >= 0.3 is 0 Å². The molecule has 1 aliphatic heterocycles. The molecule has 1 amide bonds. The van der Waals surface area contributed by atoms with Gasteiger partial charge in [-0.05, 0) is 36.8 Å². The van der Waals surface area contributed by atoms with Crippen LogP contribution in [0.25, 0.3) is 6.08 Å². The van der Waals surface area contributed by atoms with Crippen LogP contribution in [0.1, 0.15) is 24.1 Å². The average molecular weight is 323 g/mol. The Hall–Kier alpha value is -2.75. The summed E-state index contributed by atoms with van der Waals surface area (Å²) in [7, 11) is 3.46. The van der Waals surface area contributed by atoms with Gasteiger partial charge in [-0.1, -0.05) is 30.3 Å². The van der Waals surface area contributed by atoms with Gasteiger partial charge in [-0.3, -0.25) is 4.79 Å². The lowest BCUT2D eigenvalue weighted by atomic mass is 10.0. The van der Waals surface area contributed by atoms with Gasteiger partial charge in [0.1, 0.15) is 18.1 Å². The van der Waals surface area contributed by atoms with Crippen LogP contribution in [0.4, 0.5) is 0 Å². The second kappa shape index (κ2) is 6.79. The number of likely N-dealkylation sites (N-methyl/N-ethyl adjacent to an activating group) is 1. The number of benzene rings is 2. The predicted octanol–water partition coefficient (Wildman–Crippen LogP) is 3.69. The molecule has 1 heterocycles. The van der Waals surface area contributed by atoms with Crippen molar-refractivity contribution in [2.24, 2.45) is 0 Å². The molecule has 0 saturated carbocycles. The van der Waals surface area contributed by atoms with Crippen LogP contribution in [0.15, 0.2) is 54.1 Å². The molecule has 1 atom stereocenters. The summed E-state index contributed by atoms with van der Waals surface area (Å²) in [5.74, 6) is 1.60. The molecule has 0 fully saturated rings. The summed E-state index contributed by atoms with van der Waals surface area (Å²) in [5, 5.41) is 0. The van der Waals surface area contributed by atoms with Crippen molar-refractivity contribution in [2.45, 2.75) is 13.0 Å². The second-order valence-electron chi connectivity index (χ2n) is 5.86. The van der Waals surface area contributed by atoms with Crippen LogP contribution in [-0.2, 0) is 4.79 Å². The first-order chi connectivity index (χ1) is 11.6. The highest BCUT2D eigenvalue weighted by molar-refractivity contribution is 5.99. The van der Waals surface area contributed by atoms with Crippen molar-refractivity contribution in [1.82, 2.24) is 4.90 Å². The van der Waals surface area contributed by atoms with E-state index >= 15 is 0 Å². The number of nitrogens with zero attached hydrogens (tertiary/aromatic N) is 1. The summed E-state index contributed by atoms with van der Waals surface area (Å²) in [6.07, 6.45) is 1.92. The SMILES string of the molecule is COc1ccc(C(C)N(C)C(=O)C2=Cc3ccccc3OC2)cc1. The van der Waals surface area contributed by atoms with Crippen LogP contribution in [0.2, 0.25) is 0 Å². The van der Waals surface area contributed by atoms with E-state index in [1.54, 1.807) is 12.0 Å². The molecule has 0 N–H and O–H groups in total. The number of para-hydroxylation sites is 1. The Morgan fingerprint density at radius 2 is 1.88 bits per heavy atom. The van der Waals surface area contributed by atoms with Crippen LogP contribution >= 0.6 is 0 Å². The fourth-order valence-electron chi connectivity index (χ4n) is 2.75. The van der Waals surface area contributed by atoms with Gasteiger partial charge in [-0.15, -0.1) is 0 Å². The van der Waals surface area contributed by atoms with E-state index in [1.807, 2.05) is 68.6 Å². The Labute approximate surface area is 142 Å². The zero-order chi connectivity index (χ0) is 17.1. The van der Waals surface area contributed by atoms with Gasteiger partial charge in [0, 0.05) is 12.6 Å². The number of hydrogen-bond acceptors (Lipinski definition) is 3. The highest BCUT2D eigenvalue weighted by atomic mass is 16.5. The number of carbonyl (C=O) groups excluding carboxylic acids is 1. The first-order valence-corrected chi connectivity index (χ1v) is 7.93. The minimum atomic E-state index is -0.0403. The average Bonchev–Trinajstić information content (AvgIpc) is 2.66. The molecule has 3 rings (SSSR count). The van der Waals surface area contributed by atoms with Gasteiger partial charge in [0.15, 0.2) is 0 Å². The standard InChI is InChI=1S/C20H21NO3/c1-14(15-8-10-18(23-3)11-9-15)21(2)20(22)17-12-16-6-4-5-7-19(16)24-13-17/h4-12,14H,13H2,1-3H3. The van der Waals surface area contributed by atoms with Gasteiger partial charge in [-0.25, -0.2) is 0 Å². The zero-order valence-corrected chi connectivity index (χ0v) is 14.2. The minimum Gasteiger partial charge on any atom is -0.497 e. The number of carbonyl (C=O) groups is 1. The molecule has 24 heavy (non-hydrogen) atoms. The maximum Gasteiger partial charge on any atom is 0.253 e. The Morgan fingerprint density at radius 3 is 2.58 bits per heavy atom. The molecule has 0 radical (unpaired) electrons. The van der Waals surface area contributed by atoms with Gasteiger partial charge in [0.2, 0.25) is 0 Å². The summed E-state index contributed by atoms with van der Waals surface area (Å²) < 4.78 is 10.9. The van der Waals surface area contributed by atoms with Crippen molar-refractivity contribution in [1.29, 1.82) is 0 Å². The van der Waals surface area contributed by atoms with Crippen LogP contribution < -0.4 is 9.47 Å². The van der Waals surface area contributed by atoms with Gasteiger partial charge in [-0.2, -0.15) is 0 Å². The molecule has 2 aromatic carbocycles. The number of fused-ring (bicyclic) bond motifs is 1. The van der Waals surface area contributed by atoms with E-state index in [0.717, 1.165) is 22.6 Å². The number of methoxy groups -OCH3 is 1. The van der Waals surface area contributed by atoms with Crippen molar-refractivity contribution in [3.63, 3.8) is 0 Å². The third-order valence-electron chi connectivity index (χ3n) is 4.41. The number of amides is 1. The largest absolute Gasteiger partial charge is 0.497 e. The molecular weight excluding hydrogens is 302 g/mol. The maximum atomic E-state index is 12.8. The van der Waals surface area contributed by atoms with E-state index in [0.29, 0.717) is 12.2 Å². The van der Waals surface area contributed by atoms with E-state index in [9.17, 15) is 4.79 Å². The van der Waals surface area contributed by atoms with Crippen LogP contribution in [0.3, 0.4) is 0 Å². The second-order valence-corrected chi connectivity index (χ2v) is 5.86. The Morgan fingerprint density at radius 1 is 1.17 bits per heavy atom. The fourth-order valence-corrected chi connectivity index (χ4v) is 2.75. The van der Waals surface area contributed by atoms with Crippen molar-refractivity contribution in [3.05, 3.63) is 65.2 Å². The summed E-state index contributed by atoms with van der Waals surface area (Å²) in [4.78, 5) is 14.5. The summed E-state index contributed by atoms with van der Waals surface area (Å²) in [6.45, 7) is 2.31. The van der Waals surface area contributed by atoms with E-state index < -0.39 is 0 Å². The van der Waals surface area contributed by atoms with Crippen molar-refractivity contribution in [3.8, 4) is 11.5 Å². The molecule has 1 aliphatic rings. The molecule has 0 aromatic heterocycles. The quantitative estimate of drug-likeness (QED) is 0.861. The van der Waals surface area contributed by atoms with E-state index in [1.165, 1.54) is 0 Å². The Balaban J connectivity index is 1.78. The summed E-state index contributed by atoms with van der Waals surface area (Å²) in [6, 6.07) is 15.5. The predicted molar refractivity (Wildman–Crippen MR) is 94.1 cm³/mol. The van der Waals surface area contributed by atoms with Gasteiger partial charge in [0.05, 0.1) is 18.7 Å². The molecule has 0 saturated heterocycles. The monoisotopic (exact) mass is 323 g/mol. The molecule has 0 aliphatic carbocycles. The smallest absolute Gasteiger partial charge is 0.253 e. The van der Waals surface area contributed by atoms with Crippen LogP contribution in [0.5, 0.6) is 11.5 Å². The molecule has 0 bridgehead atoms. The molecule has 2 aromatic rings. The molecule has 4 nitrogen and oxygen atoms in total. The van der Waals surface area contributed by atoms with Gasteiger partial charge < -0.3 is 14.4 Å². The summed E-state index contributed by atoms with van der Waals surface area (Å²) >= 11 is 0. The van der Waals surface area contributed by atoms with Crippen molar-refractivity contribution < 1.29 is 14.3 Å². The van der Waals surface area contributed by atoms with Crippen LogP contribution in [-0.4, -0.2) is 31.6 Å². The normalized spacial score (nSPS) is 14.0. The van der Waals surface area contributed by atoms with Crippen molar-refractivity contribution in [2.75, 3.05) is 20.8 Å². The summed E-state index contributed by atoms with van der Waals surface area (Å²) in [5.41, 5.74) is 2.67. The molecule has 124 valence electrons. The molecule has 4 heteroatoms. The third kappa shape index (κ3) is 3.13. The highest BCUT2D eigenvalue weighted by Gasteiger charge is 2.23. The highest BCUT2D eigenvalue weighted by Crippen LogP contribution is 2.28. The number of rotatable bonds is 4. The first kappa shape index (κ1) is 16.1. The van der Waals surface area contributed by atoms with E-state index in [4.69, 9.17) is 9.47 Å². The molecular formula is C20H21NO3. The Kier molecular flexibility index (Phi) is 4.56. The fraction of sp³-hybridized carbons (Fsp3) is 0.250. The number of ether oxygens (including phenoxy) is 2. The minimum absolute atomic E-state index is 0.0205.